The fraction of sp³-hybridized carbons (Fsp3) is 0.684. The number of fused-ring (bicyclic) bond motifs is 1. The minimum absolute atomic E-state index is 0.0185. The van der Waals surface area contributed by atoms with Gasteiger partial charge in [0.1, 0.15) is 0 Å². The molecular weight excluding hydrogens is 336 g/mol. The van der Waals surface area contributed by atoms with Gasteiger partial charge in [-0.2, -0.15) is 0 Å². The van der Waals surface area contributed by atoms with Gasteiger partial charge in [0, 0.05) is 41.0 Å². The number of nitrogens with one attached hydrogen (secondary N) is 1. The van der Waals surface area contributed by atoms with Gasteiger partial charge in [-0.25, -0.2) is 4.99 Å². The predicted molar refractivity (Wildman–Crippen MR) is 94.0 cm³/mol. The molecule has 142 valence electrons. The second-order valence-corrected chi connectivity index (χ2v) is 8.42. The molecule has 3 atom stereocenters. The molecule has 3 unspecified atom stereocenters. The Morgan fingerprint density at radius 3 is 2.58 bits per heavy atom. The Morgan fingerprint density at radius 1 is 1.31 bits per heavy atom. The fourth-order valence-corrected chi connectivity index (χ4v) is 4.29. The van der Waals surface area contributed by atoms with Crippen molar-refractivity contribution in [2.75, 3.05) is 7.11 Å². The Labute approximate surface area is 153 Å². The van der Waals surface area contributed by atoms with E-state index in [0.29, 0.717) is 12.8 Å². The van der Waals surface area contributed by atoms with E-state index in [9.17, 15) is 14.4 Å². The van der Waals surface area contributed by atoms with E-state index in [1.165, 1.54) is 7.11 Å². The summed E-state index contributed by atoms with van der Waals surface area (Å²) in [6.45, 7) is 7.79. The molecule has 0 aromatic carbocycles. The predicted octanol–water partition coefficient (Wildman–Crippen LogP) is 2.11. The molecular formula is C19H26N2O5. The van der Waals surface area contributed by atoms with E-state index in [4.69, 9.17) is 14.5 Å². The van der Waals surface area contributed by atoms with Crippen LogP contribution in [0.15, 0.2) is 16.8 Å². The SMILES string of the molecule is COC(=O)CCC1C(/C=C2\NC(=O)CC2(C)C)=NC2(C)OC(=O)CC12C. The molecule has 3 aliphatic heterocycles. The van der Waals surface area contributed by atoms with Gasteiger partial charge >= 0.3 is 11.9 Å². The Hall–Kier alpha value is -2.18. The molecule has 0 saturated carbocycles. The van der Waals surface area contributed by atoms with E-state index in [0.717, 1.165) is 11.4 Å². The Bertz CT molecular complexity index is 738. The number of amides is 1. The monoisotopic (exact) mass is 362 g/mol. The summed E-state index contributed by atoms with van der Waals surface area (Å²) in [6.07, 6.45) is 3.31. The second-order valence-electron chi connectivity index (χ2n) is 8.42. The Morgan fingerprint density at radius 2 is 2.00 bits per heavy atom. The number of carbonyl (C=O) groups is 3. The Balaban J connectivity index is 1.97. The van der Waals surface area contributed by atoms with Crippen LogP contribution in [0.1, 0.15) is 53.4 Å². The molecule has 26 heavy (non-hydrogen) atoms. The number of rotatable bonds is 4. The van der Waals surface area contributed by atoms with Crippen molar-refractivity contribution in [2.24, 2.45) is 21.7 Å². The quantitative estimate of drug-likeness (QED) is 0.773. The minimum Gasteiger partial charge on any atom is -0.469 e. The number of nitrogens with zero attached hydrogens (tertiary/aromatic N) is 1. The number of carbonyl (C=O) groups excluding carboxylic acids is 3. The normalized spacial score (nSPS) is 36.6. The number of aliphatic imine (C=N–C) groups is 1. The second kappa shape index (κ2) is 5.93. The molecule has 0 aliphatic carbocycles. The topological polar surface area (TPSA) is 94.1 Å². The zero-order valence-electron chi connectivity index (χ0n) is 16.0. The third-order valence-electron chi connectivity index (χ3n) is 6.12. The molecule has 7 heteroatoms. The number of esters is 2. The summed E-state index contributed by atoms with van der Waals surface area (Å²) in [6, 6.07) is 0. The summed E-state index contributed by atoms with van der Waals surface area (Å²) >= 11 is 0. The molecule has 3 aliphatic rings. The van der Waals surface area contributed by atoms with Crippen molar-refractivity contribution >= 4 is 23.6 Å². The third kappa shape index (κ3) is 2.83. The molecule has 0 bridgehead atoms. The average Bonchev–Trinajstić information content (AvgIpc) is 2.97. The highest BCUT2D eigenvalue weighted by molar-refractivity contribution is 6.02. The average molecular weight is 362 g/mol. The molecule has 0 aromatic rings. The van der Waals surface area contributed by atoms with Gasteiger partial charge in [-0.3, -0.25) is 14.4 Å². The van der Waals surface area contributed by atoms with E-state index in [-0.39, 0.29) is 42.0 Å². The first-order valence-electron chi connectivity index (χ1n) is 8.91. The van der Waals surface area contributed by atoms with Gasteiger partial charge in [0.2, 0.25) is 11.6 Å². The van der Waals surface area contributed by atoms with Crippen molar-refractivity contribution in [1.29, 1.82) is 0 Å². The van der Waals surface area contributed by atoms with Crippen LogP contribution in [0.2, 0.25) is 0 Å². The van der Waals surface area contributed by atoms with Crippen molar-refractivity contribution in [3.05, 3.63) is 11.8 Å². The van der Waals surface area contributed by atoms with Crippen LogP contribution in [0, 0.1) is 16.7 Å². The molecule has 2 fully saturated rings. The lowest BCUT2D eigenvalue weighted by Gasteiger charge is -2.34. The fourth-order valence-electron chi connectivity index (χ4n) is 4.29. The summed E-state index contributed by atoms with van der Waals surface area (Å²) in [7, 11) is 1.36. The number of allylic oxidation sites excluding steroid dienone is 2. The molecule has 1 N–H and O–H groups in total. The number of methoxy groups -OCH3 is 1. The molecule has 0 spiro atoms. The summed E-state index contributed by atoms with van der Waals surface area (Å²) < 4.78 is 10.3. The summed E-state index contributed by atoms with van der Waals surface area (Å²) in [5.41, 5.74) is -0.219. The lowest BCUT2D eigenvalue weighted by Crippen LogP contribution is -2.40. The zero-order chi connectivity index (χ0) is 19.3. The van der Waals surface area contributed by atoms with Crippen molar-refractivity contribution in [2.45, 2.75) is 59.1 Å². The van der Waals surface area contributed by atoms with Crippen molar-refractivity contribution in [1.82, 2.24) is 5.32 Å². The first-order chi connectivity index (χ1) is 12.0. The molecule has 7 nitrogen and oxygen atoms in total. The molecule has 0 radical (unpaired) electrons. The first kappa shape index (κ1) is 18.6. The zero-order valence-corrected chi connectivity index (χ0v) is 16.0. The van der Waals surface area contributed by atoms with Crippen molar-refractivity contribution < 1.29 is 23.9 Å². The van der Waals surface area contributed by atoms with Crippen LogP contribution in [0.3, 0.4) is 0 Å². The highest BCUT2D eigenvalue weighted by Crippen LogP contribution is 2.56. The maximum atomic E-state index is 11.9. The molecule has 2 saturated heterocycles. The standard InChI is InChI=1S/C19H26N2O5/c1-17(2)9-14(22)20-13(17)8-12-11(6-7-15(23)25-5)18(3)10-16(24)26-19(18,4)21-12/h8,11H,6-7,9-10H2,1-5H3,(H,20,22)/b13-8-. The molecule has 1 amide bonds. The maximum absolute atomic E-state index is 11.9. The van der Waals surface area contributed by atoms with E-state index in [1.54, 1.807) is 0 Å². The molecule has 0 aromatic heterocycles. The minimum atomic E-state index is -0.954. The van der Waals surface area contributed by atoms with E-state index >= 15 is 0 Å². The van der Waals surface area contributed by atoms with Gasteiger partial charge in [0.05, 0.1) is 13.5 Å². The van der Waals surface area contributed by atoms with Crippen LogP contribution in [0.25, 0.3) is 0 Å². The van der Waals surface area contributed by atoms with Crippen LogP contribution in [-0.2, 0) is 23.9 Å². The summed E-state index contributed by atoms with van der Waals surface area (Å²) in [5.74, 6) is -0.731. The highest BCUT2D eigenvalue weighted by atomic mass is 16.6. The van der Waals surface area contributed by atoms with Gasteiger partial charge < -0.3 is 14.8 Å². The third-order valence-corrected chi connectivity index (χ3v) is 6.12. The van der Waals surface area contributed by atoms with Crippen LogP contribution in [0.5, 0.6) is 0 Å². The molecule has 3 heterocycles. The smallest absolute Gasteiger partial charge is 0.308 e. The van der Waals surface area contributed by atoms with Gasteiger partial charge in [-0.1, -0.05) is 20.8 Å². The summed E-state index contributed by atoms with van der Waals surface area (Å²) in [5, 5.41) is 2.91. The van der Waals surface area contributed by atoms with Crippen molar-refractivity contribution in [3.8, 4) is 0 Å². The lowest BCUT2D eigenvalue weighted by atomic mass is 9.68. The first-order valence-corrected chi connectivity index (χ1v) is 8.91. The largest absolute Gasteiger partial charge is 0.469 e. The van der Waals surface area contributed by atoms with Crippen LogP contribution >= 0.6 is 0 Å². The number of hydrogen-bond donors (Lipinski definition) is 1. The summed E-state index contributed by atoms with van der Waals surface area (Å²) in [4.78, 5) is 40.2. The van der Waals surface area contributed by atoms with E-state index < -0.39 is 11.1 Å². The Kier molecular flexibility index (Phi) is 4.24. The van der Waals surface area contributed by atoms with Gasteiger partial charge in [-0.05, 0) is 19.4 Å². The van der Waals surface area contributed by atoms with E-state index in [1.807, 2.05) is 33.8 Å². The van der Waals surface area contributed by atoms with Crippen LogP contribution in [0.4, 0.5) is 0 Å². The van der Waals surface area contributed by atoms with Crippen LogP contribution in [-0.4, -0.2) is 36.4 Å². The number of hydrogen-bond acceptors (Lipinski definition) is 6. The molecule has 3 rings (SSSR count). The van der Waals surface area contributed by atoms with Crippen LogP contribution < -0.4 is 5.32 Å². The van der Waals surface area contributed by atoms with Gasteiger partial charge in [0.15, 0.2) is 0 Å². The van der Waals surface area contributed by atoms with Gasteiger partial charge in [0.25, 0.3) is 0 Å². The highest BCUT2D eigenvalue weighted by Gasteiger charge is 2.63. The van der Waals surface area contributed by atoms with Gasteiger partial charge in [-0.15, -0.1) is 0 Å². The van der Waals surface area contributed by atoms with Crippen molar-refractivity contribution in [3.63, 3.8) is 0 Å². The maximum Gasteiger partial charge on any atom is 0.308 e. The number of ether oxygens (including phenoxy) is 2. The van der Waals surface area contributed by atoms with E-state index in [2.05, 4.69) is 5.32 Å². The lowest BCUT2D eigenvalue weighted by molar-refractivity contribution is -0.149.